The quantitative estimate of drug-likeness (QED) is 0.715. The highest BCUT2D eigenvalue weighted by Crippen LogP contribution is 2.25. The van der Waals surface area contributed by atoms with Gasteiger partial charge in [-0.2, -0.15) is 4.31 Å². The second kappa shape index (κ2) is 8.62. The van der Waals surface area contributed by atoms with Crippen LogP contribution in [0.4, 0.5) is 4.79 Å². The predicted molar refractivity (Wildman–Crippen MR) is 106 cm³/mol. The second-order valence-corrected chi connectivity index (χ2v) is 8.78. The zero-order valence-electron chi connectivity index (χ0n) is 15.8. The summed E-state index contributed by atoms with van der Waals surface area (Å²) in [5.41, 5.74) is 8.27. The smallest absolute Gasteiger partial charge is 0.409 e. The Hall–Kier alpha value is -2.58. The van der Waals surface area contributed by atoms with Crippen molar-refractivity contribution in [3.8, 4) is 11.5 Å². The van der Waals surface area contributed by atoms with Crippen LogP contribution in [0.2, 0.25) is 0 Å². The molecule has 0 bridgehead atoms. The normalized spacial score (nSPS) is 14.3. The molecule has 0 fully saturated rings. The van der Waals surface area contributed by atoms with E-state index in [0.29, 0.717) is 31.9 Å². The Morgan fingerprint density at radius 3 is 2.50 bits per heavy atom. The number of benzene rings is 2. The van der Waals surface area contributed by atoms with Gasteiger partial charge in [0, 0.05) is 13.1 Å². The molecule has 0 spiro atoms. The van der Waals surface area contributed by atoms with Crippen LogP contribution in [0.5, 0.6) is 11.5 Å². The molecule has 1 aliphatic heterocycles. The van der Waals surface area contributed by atoms with Crippen LogP contribution < -0.4 is 15.2 Å². The molecule has 150 valence electrons. The molecule has 2 aromatic rings. The largest absolute Gasteiger partial charge is 0.494 e. The SMILES string of the molecule is CS(=O)(=O)N1CCc2cc(OCCCc3ccc(OC(N)=O)cc3)ccc2C1. The van der Waals surface area contributed by atoms with Crippen LogP contribution in [0.15, 0.2) is 42.5 Å². The maximum atomic E-state index is 11.7. The van der Waals surface area contributed by atoms with E-state index in [4.69, 9.17) is 15.2 Å². The van der Waals surface area contributed by atoms with Gasteiger partial charge in [-0.1, -0.05) is 18.2 Å². The first-order valence-electron chi connectivity index (χ1n) is 9.07. The Balaban J connectivity index is 1.47. The number of ether oxygens (including phenoxy) is 2. The number of carbonyl (C=O) groups excluding carboxylic acids is 1. The van der Waals surface area contributed by atoms with Gasteiger partial charge >= 0.3 is 6.09 Å². The summed E-state index contributed by atoms with van der Waals surface area (Å²) in [6.45, 7) is 1.50. The molecule has 2 N–H and O–H groups in total. The molecule has 0 aromatic heterocycles. The summed E-state index contributed by atoms with van der Waals surface area (Å²) in [6, 6.07) is 13.1. The van der Waals surface area contributed by atoms with Crippen LogP contribution in [-0.4, -0.2) is 38.2 Å². The van der Waals surface area contributed by atoms with Crippen molar-refractivity contribution in [2.24, 2.45) is 5.73 Å². The van der Waals surface area contributed by atoms with Crippen molar-refractivity contribution in [3.05, 3.63) is 59.2 Å². The number of hydrogen-bond donors (Lipinski definition) is 1. The van der Waals surface area contributed by atoms with Crippen molar-refractivity contribution in [3.63, 3.8) is 0 Å². The summed E-state index contributed by atoms with van der Waals surface area (Å²) in [5, 5.41) is 0. The van der Waals surface area contributed by atoms with Crippen LogP contribution in [0, 0.1) is 0 Å². The van der Waals surface area contributed by atoms with Gasteiger partial charge in [-0.05, 0) is 60.2 Å². The number of amides is 1. The molecule has 3 rings (SSSR count). The number of primary amides is 1. The van der Waals surface area contributed by atoms with Gasteiger partial charge in [-0.3, -0.25) is 0 Å². The molecular weight excluding hydrogens is 380 g/mol. The molecule has 7 nitrogen and oxygen atoms in total. The highest BCUT2D eigenvalue weighted by Gasteiger charge is 2.23. The van der Waals surface area contributed by atoms with Crippen molar-refractivity contribution in [2.45, 2.75) is 25.8 Å². The minimum absolute atomic E-state index is 0.421. The maximum Gasteiger partial charge on any atom is 0.409 e. The van der Waals surface area contributed by atoms with Crippen LogP contribution in [0.1, 0.15) is 23.1 Å². The van der Waals surface area contributed by atoms with Gasteiger partial charge in [0.2, 0.25) is 10.0 Å². The minimum atomic E-state index is -3.16. The summed E-state index contributed by atoms with van der Waals surface area (Å²) < 4.78 is 35.5. The lowest BCUT2D eigenvalue weighted by molar-refractivity contribution is 0.211. The van der Waals surface area contributed by atoms with Gasteiger partial charge in [0.25, 0.3) is 0 Å². The number of hydrogen-bond acceptors (Lipinski definition) is 5. The van der Waals surface area contributed by atoms with E-state index < -0.39 is 16.1 Å². The molecule has 1 aliphatic rings. The van der Waals surface area contributed by atoms with Gasteiger partial charge in [-0.25, -0.2) is 13.2 Å². The molecule has 28 heavy (non-hydrogen) atoms. The number of carbonyl (C=O) groups is 1. The fourth-order valence-corrected chi connectivity index (χ4v) is 3.98. The number of nitrogens with zero attached hydrogens (tertiary/aromatic N) is 1. The van der Waals surface area contributed by atoms with Crippen molar-refractivity contribution < 1.29 is 22.7 Å². The van der Waals surface area contributed by atoms with Crippen LogP contribution >= 0.6 is 0 Å². The predicted octanol–water partition coefficient (Wildman–Crippen LogP) is 2.47. The zero-order valence-corrected chi connectivity index (χ0v) is 16.6. The van der Waals surface area contributed by atoms with Crippen molar-refractivity contribution >= 4 is 16.1 Å². The molecular formula is C20H24N2O5S. The van der Waals surface area contributed by atoms with Crippen LogP contribution in [0.3, 0.4) is 0 Å². The number of rotatable bonds is 7. The minimum Gasteiger partial charge on any atom is -0.494 e. The lowest BCUT2D eigenvalue weighted by atomic mass is 10.0. The molecule has 2 aromatic carbocycles. The second-order valence-electron chi connectivity index (χ2n) is 6.79. The molecule has 0 radical (unpaired) electrons. The third-order valence-corrected chi connectivity index (χ3v) is 5.89. The summed E-state index contributed by atoms with van der Waals surface area (Å²) in [5.74, 6) is 1.23. The van der Waals surface area contributed by atoms with E-state index in [-0.39, 0.29) is 0 Å². The van der Waals surface area contributed by atoms with E-state index in [1.54, 1.807) is 12.1 Å². The zero-order chi connectivity index (χ0) is 20.1. The van der Waals surface area contributed by atoms with Crippen LogP contribution in [-0.2, 0) is 29.4 Å². The van der Waals surface area contributed by atoms with Crippen molar-refractivity contribution in [1.82, 2.24) is 4.31 Å². The Morgan fingerprint density at radius 2 is 1.82 bits per heavy atom. The standard InChI is InChI=1S/C20H24N2O5S/c1-28(24,25)22-11-10-16-13-19(9-6-17(16)14-22)26-12-2-3-15-4-7-18(8-5-15)27-20(21)23/h4-9,13H,2-3,10-12,14H2,1H3,(H2,21,23). The summed E-state index contributed by atoms with van der Waals surface area (Å²) in [6.07, 6.45) is 2.79. The summed E-state index contributed by atoms with van der Waals surface area (Å²) in [7, 11) is -3.16. The van der Waals surface area contributed by atoms with E-state index in [9.17, 15) is 13.2 Å². The monoisotopic (exact) mass is 404 g/mol. The van der Waals surface area contributed by atoms with Gasteiger partial charge < -0.3 is 15.2 Å². The molecule has 1 heterocycles. The maximum absolute atomic E-state index is 11.7. The third-order valence-electron chi connectivity index (χ3n) is 4.64. The Kier molecular flexibility index (Phi) is 6.21. The van der Waals surface area contributed by atoms with E-state index in [2.05, 4.69) is 0 Å². The molecule has 0 atom stereocenters. The molecule has 1 amide bonds. The van der Waals surface area contributed by atoms with E-state index >= 15 is 0 Å². The van der Waals surface area contributed by atoms with E-state index in [1.807, 2.05) is 30.3 Å². The van der Waals surface area contributed by atoms with Gasteiger partial charge in [0.1, 0.15) is 11.5 Å². The topological polar surface area (TPSA) is 98.9 Å². The molecule has 0 aliphatic carbocycles. The first-order chi connectivity index (χ1) is 13.3. The van der Waals surface area contributed by atoms with Crippen molar-refractivity contribution in [1.29, 1.82) is 0 Å². The average molecular weight is 404 g/mol. The number of aryl methyl sites for hydroxylation is 1. The first kappa shape index (κ1) is 20.2. The third kappa shape index (κ3) is 5.46. The van der Waals surface area contributed by atoms with Crippen molar-refractivity contribution in [2.75, 3.05) is 19.4 Å². The molecule has 8 heteroatoms. The Morgan fingerprint density at radius 1 is 1.11 bits per heavy atom. The first-order valence-corrected chi connectivity index (χ1v) is 10.9. The average Bonchev–Trinajstić information content (AvgIpc) is 2.65. The van der Waals surface area contributed by atoms with Gasteiger partial charge in [0.05, 0.1) is 12.9 Å². The summed E-state index contributed by atoms with van der Waals surface area (Å²) in [4.78, 5) is 10.7. The number of nitrogens with two attached hydrogens (primary N) is 1. The lowest BCUT2D eigenvalue weighted by Gasteiger charge is -2.27. The summed E-state index contributed by atoms with van der Waals surface area (Å²) >= 11 is 0. The van der Waals surface area contributed by atoms with E-state index in [0.717, 1.165) is 35.3 Å². The van der Waals surface area contributed by atoms with E-state index in [1.165, 1.54) is 10.6 Å². The van der Waals surface area contributed by atoms with Gasteiger partial charge in [0.15, 0.2) is 0 Å². The van der Waals surface area contributed by atoms with Crippen LogP contribution in [0.25, 0.3) is 0 Å². The molecule has 0 saturated carbocycles. The Labute approximate surface area is 165 Å². The van der Waals surface area contributed by atoms with Gasteiger partial charge in [-0.15, -0.1) is 0 Å². The highest BCUT2D eigenvalue weighted by molar-refractivity contribution is 7.88. The lowest BCUT2D eigenvalue weighted by Crippen LogP contribution is -2.35. The number of fused-ring (bicyclic) bond motifs is 1. The highest BCUT2D eigenvalue weighted by atomic mass is 32.2. The number of sulfonamides is 1. The fraction of sp³-hybridized carbons (Fsp3) is 0.350. The Bertz CT molecular complexity index is 942. The molecule has 0 unspecified atom stereocenters. The molecule has 0 saturated heterocycles. The fourth-order valence-electron chi connectivity index (χ4n) is 3.18.